The first-order chi connectivity index (χ1) is 10.7. The van der Waals surface area contributed by atoms with E-state index in [0.29, 0.717) is 25.9 Å². The normalized spacial score (nSPS) is 17.9. The molecule has 2 rings (SSSR count). The highest BCUT2D eigenvalue weighted by Crippen LogP contribution is 2.37. The molecule has 23 heavy (non-hydrogen) atoms. The minimum absolute atomic E-state index is 0.185. The number of amides is 1. The van der Waals surface area contributed by atoms with Crippen LogP contribution in [0.5, 0.6) is 0 Å². The molecule has 1 aliphatic rings. The van der Waals surface area contributed by atoms with Crippen molar-refractivity contribution in [1.82, 2.24) is 4.90 Å². The Morgan fingerprint density at radius 3 is 2.48 bits per heavy atom. The predicted molar refractivity (Wildman–Crippen MR) is 94.6 cm³/mol. The van der Waals surface area contributed by atoms with E-state index in [1.807, 2.05) is 30.0 Å². The molecule has 1 amide bonds. The maximum Gasteiger partial charge on any atom is 0.409 e. The van der Waals surface area contributed by atoms with E-state index in [1.165, 1.54) is 12.7 Å². The van der Waals surface area contributed by atoms with E-state index in [2.05, 4.69) is 26.8 Å². The highest BCUT2D eigenvalue weighted by Gasteiger charge is 2.37. The minimum atomic E-state index is -0.862. The Balaban J connectivity index is 2.14. The fourth-order valence-corrected chi connectivity index (χ4v) is 3.69. The number of methoxy groups -OCH3 is 1. The second-order valence-corrected chi connectivity index (χ2v) is 8.85. The van der Waals surface area contributed by atoms with Crippen LogP contribution in [0.3, 0.4) is 0 Å². The zero-order valence-corrected chi connectivity index (χ0v) is 15.3. The second-order valence-electron chi connectivity index (χ2n) is 7.05. The van der Waals surface area contributed by atoms with E-state index in [0.717, 1.165) is 11.3 Å². The number of hydrogen-bond donors (Lipinski definition) is 1. The first-order valence-corrected chi connectivity index (χ1v) is 9.01. The van der Waals surface area contributed by atoms with Gasteiger partial charge in [-0.3, -0.25) is 0 Å². The molecular weight excluding hydrogens is 310 g/mol. The number of benzene rings is 1. The van der Waals surface area contributed by atoms with E-state index < -0.39 is 5.60 Å². The summed E-state index contributed by atoms with van der Waals surface area (Å²) in [7, 11) is 1.39. The van der Waals surface area contributed by atoms with Crippen molar-refractivity contribution >= 4 is 17.9 Å². The molecule has 1 aliphatic heterocycles. The summed E-state index contributed by atoms with van der Waals surface area (Å²) in [5, 5.41) is 11.1. The van der Waals surface area contributed by atoms with E-state index in [-0.39, 0.29) is 10.8 Å². The third-order valence-electron chi connectivity index (χ3n) is 4.20. The van der Waals surface area contributed by atoms with Gasteiger partial charge in [-0.25, -0.2) is 4.79 Å². The lowest BCUT2D eigenvalue weighted by Gasteiger charge is -2.39. The van der Waals surface area contributed by atoms with Gasteiger partial charge in [0, 0.05) is 23.6 Å². The van der Waals surface area contributed by atoms with Gasteiger partial charge < -0.3 is 14.7 Å². The molecule has 0 aromatic heterocycles. The number of carbonyl (C=O) groups is 1. The number of ether oxygens (including phenoxy) is 1. The van der Waals surface area contributed by atoms with E-state index in [9.17, 15) is 9.90 Å². The molecular formula is C18H27NO3S. The number of rotatable bonds is 3. The van der Waals surface area contributed by atoms with Crippen molar-refractivity contribution in [2.24, 2.45) is 0 Å². The number of piperidine rings is 1. The Labute approximate surface area is 143 Å². The smallest absolute Gasteiger partial charge is 0.409 e. The summed E-state index contributed by atoms with van der Waals surface area (Å²) in [6.07, 6.45) is 0.766. The van der Waals surface area contributed by atoms with Gasteiger partial charge >= 0.3 is 6.09 Å². The molecule has 0 aliphatic carbocycles. The third kappa shape index (κ3) is 4.64. The molecule has 0 atom stereocenters. The average molecular weight is 337 g/mol. The Kier molecular flexibility index (Phi) is 5.63. The summed E-state index contributed by atoms with van der Waals surface area (Å²) in [6.45, 7) is 7.63. The minimum Gasteiger partial charge on any atom is -0.453 e. The molecule has 5 heteroatoms. The number of aliphatic hydroxyl groups is 1. The zero-order chi connectivity index (χ0) is 17.1. The summed E-state index contributed by atoms with van der Waals surface area (Å²) < 4.78 is 4.95. The summed E-state index contributed by atoms with van der Waals surface area (Å²) in [5.41, 5.74) is 1.32. The Hall–Kier alpha value is -1.20. The van der Waals surface area contributed by atoms with Gasteiger partial charge in [-0.15, -0.1) is 0 Å². The number of likely N-dealkylation sites (tertiary alicyclic amines) is 1. The maximum absolute atomic E-state index is 11.6. The van der Waals surface area contributed by atoms with Gasteiger partial charge in [0.1, 0.15) is 0 Å². The number of thioether (sulfide) groups is 1. The molecule has 0 saturated carbocycles. The van der Waals surface area contributed by atoms with Crippen LogP contribution in [-0.4, -0.2) is 41.0 Å². The summed E-state index contributed by atoms with van der Waals surface area (Å²) in [6, 6.07) is 8.12. The number of nitrogens with zero attached hydrogens (tertiary/aromatic N) is 1. The quantitative estimate of drug-likeness (QED) is 0.912. The fraction of sp³-hybridized carbons (Fsp3) is 0.611. The molecule has 0 spiro atoms. The highest BCUT2D eigenvalue weighted by atomic mass is 32.2. The lowest BCUT2D eigenvalue weighted by molar-refractivity contribution is -0.0235. The van der Waals surface area contributed by atoms with Crippen LogP contribution in [0.15, 0.2) is 24.3 Å². The van der Waals surface area contributed by atoms with Crippen molar-refractivity contribution in [1.29, 1.82) is 0 Å². The van der Waals surface area contributed by atoms with Crippen LogP contribution in [0.2, 0.25) is 0 Å². The molecule has 1 fully saturated rings. The third-order valence-corrected chi connectivity index (χ3v) is 5.52. The van der Waals surface area contributed by atoms with Crippen molar-refractivity contribution in [2.45, 2.75) is 49.7 Å². The topological polar surface area (TPSA) is 49.8 Å². The lowest BCUT2D eigenvalue weighted by atomic mass is 9.82. The lowest BCUT2D eigenvalue weighted by Crippen LogP contribution is -2.45. The molecule has 1 heterocycles. The van der Waals surface area contributed by atoms with Gasteiger partial charge in [0.05, 0.1) is 12.7 Å². The van der Waals surface area contributed by atoms with Crippen LogP contribution < -0.4 is 0 Å². The largest absolute Gasteiger partial charge is 0.453 e. The highest BCUT2D eigenvalue weighted by molar-refractivity contribution is 7.99. The van der Waals surface area contributed by atoms with Crippen molar-refractivity contribution in [3.8, 4) is 0 Å². The van der Waals surface area contributed by atoms with Gasteiger partial charge in [-0.05, 0) is 24.0 Å². The van der Waals surface area contributed by atoms with Gasteiger partial charge in [-0.1, -0.05) is 45.0 Å². The Morgan fingerprint density at radius 2 is 1.91 bits per heavy atom. The summed E-state index contributed by atoms with van der Waals surface area (Å²) in [4.78, 5) is 13.3. The fourth-order valence-electron chi connectivity index (χ4n) is 2.85. The van der Waals surface area contributed by atoms with Gasteiger partial charge in [0.15, 0.2) is 0 Å². The Bertz CT molecular complexity index is 545. The SMILES string of the molecule is COC(=O)N1CCC(O)(c2ccccc2CSC(C)(C)C)CC1. The van der Waals surface area contributed by atoms with Crippen LogP contribution in [-0.2, 0) is 16.1 Å². The summed E-state index contributed by atoms with van der Waals surface area (Å²) in [5.74, 6) is 0.878. The average Bonchev–Trinajstić information content (AvgIpc) is 2.52. The van der Waals surface area contributed by atoms with Crippen LogP contribution in [0.1, 0.15) is 44.7 Å². The standard InChI is InChI=1S/C18H27NO3S/c1-17(2,3)23-13-14-7-5-6-8-15(14)18(21)9-11-19(12-10-18)16(20)22-4/h5-8,21H,9-13H2,1-4H3. The van der Waals surface area contributed by atoms with Crippen LogP contribution in [0.4, 0.5) is 4.79 Å². The second kappa shape index (κ2) is 7.14. The molecule has 0 bridgehead atoms. The van der Waals surface area contributed by atoms with Crippen molar-refractivity contribution in [2.75, 3.05) is 20.2 Å². The monoisotopic (exact) mass is 337 g/mol. The maximum atomic E-state index is 11.6. The molecule has 1 aromatic rings. The van der Waals surface area contributed by atoms with Crippen molar-refractivity contribution < 1.29 is 14.6 Å². The molecule has 1 aromatic carbocycles. The summed E-state index contributed by atoms with van der Waals surface area (Å²) >= 11 is 1.88. The Morgan fingerprint density at radius 1 is 1.30 bits per heavy atom. The van der Waals surface area contributed by atoms with Gasteiger partial charge in [0.25, 0.3) is 0 Å². The molecule has 0 unspecified atom stereocenters. The van der Waals surface area contributed by atoms with Crippen molar-refractivity contribution in [3.63, 3.8) is 0 Å². The van der Waals surface area contributed by atoms with Gasteiger partial charge in [0.2, 0.25) is 0 Å². The zero-order valence-electron chi connectivity index (χ0n) is 14.5. The molecule has 0 radical (unpaired) electrons. The first kappa shape index (κ1) is 18.1. The predicted octanol–water partition coefficient (Wildman–Crippen LogP) is 3.77. The van der Waals surface area contributed by atoms with Crippen LogP contribution >= 0.6 is 11.8 Å². The number of hydrogen-bond acceptors (Lipinski definition) is 4. The van der Waals surface area contributed by atoms with Crippen molar-refractivity contribution in [3.05, 3.63) is 35.4 Å². The van der Waals surface area contributed by atoms with E-state index in [4.69, 9.17) is 4.74 Å². The van der Waals surface area contributed by atoms with Crippen LogP contribution in [0.25, 0.3) is 0 Å². The first-order valence-electron chi connectivity index (χ1n) is 8.03. The van der Waals surface area contributed by atoms with E-state index >= 15 is 0 Å². The molecule has 1 saturated heterocycles. The molecule has 128 valence electrons. The number of carbonyl (C=O) groups excluding carboxylic acids is 1. The van der Waals surface area contributed by atoms with Crippen LogP contribution in [0, 0.1) is 0 Å². The molecule has 1 N–H and O–H groups in total. The van der Waals surface area contributed by atoms with Gasteiger partial charge in [-0.2, -0.15) is 11.8 Å². The molecule has 4 nitrogen and oxygen atoms in total. The van der Waals surface area contributed by atoms with E-state index in [1.54, 1.807) is 4.90 Å².